The number of H-pyrrole nitrogens is 1. The Hall–Kier alpha value is -4.26. The van der Waals surface area contributed by atoms with Gasteiger partial charge in [-0.25, -0.2) is 9.67 Å². The summed E-state index contributed by atoms with van der Waals surface area (Å²) in [4.78, 5) is 34.5. The van der Waals surface area contributed by atoms with Crippen LogP contribution in [0.4, 0.5) is 5.69 Å². The van der Waals surface area contributed by atoms with E-state index in [-0.39, 0.29) is 23.7 Å². The summed E-state index contributed by atoms with van der Waals surface area (Å²) in [5.41, 5.74) is 3.36. The van der Waals surface area contributed by atoms with E-state index >= 15 is 0 Å². The third kappa shape index (κ3) is 3.65. The summed E-state index contributed by atoms with van der Waals surface area (Å²) in [7, 11) is 0. The highest BCUT2D eigenvalue weighted by Crippen LogP contribution is 2.35. The van der Waals surface area contributed by atoms with E-state index in [2.05, 4.69) is 15.4 Å². The number of anilines is 1. The van der Waals surface area contributed by atoms with Crippen LogP contribution >= 0.6 is 0 Å². The van der Waals surface area contributed by atoms with Gasteiger partial charge < -0.3 is 10.3 Å². The van der Waals surface area contributed by atoms with Crippen LogP contribution in [-0.4, -0.2) is 25.7 Å². The van der Waals surface area contributed by atoms with Gasteiger partial charge in [-0.1, -0.05) is 55.0 Å². The molecule has 0 saturated heterocycles. The molecule has 168 valence electrons. The first kappa shape index (κ1) is 20.4. The van der Waals surface area contributed by atoms with Crippen molar-refractivity contribution in [3.05, 3.63) is 100 Å². The maximum Gasteiger partial charge on any atom is 0.276 e. The van der Waals surface area contributed by atoms with Crippen molar-refractivity contribution in [2.24, 2.45) is 0 Å². The lowest BCUT2D eigenvalue weighted by atomic mass is 9.85. The van der Waals surface area contributed by atoms with Gasteiger partial charge in [-0.15, -0.1) is 0 Å². The Balaban J connectivity index is 1.35. The highest BCUT2D eigenvalue weighted by Gasteiger charge is 2.23. The minimum absolute atomic E-state index is 0.214. The highest BCUT2D eigenvalue weighted by molar-refractivity contribution is 6.11. The number of amides is 1. The van der Waals surface area contributed by atoms with Crippen LogP contribution in [0.15, 0.2) is 77.6 Å². The van der Waals surface area contributed by atoms with E-state index in [0.29, 0.717) is 22.4 Å². The number of carbonyl (C=O) groups is 1. The normalized spacial score (nSPS) is 13.8. The molecule has 5 aromatic rings. The molecule has 2 heterocycles. The van der Waals surface area contributed by atoms with Gasteiger partial charge in [-0.3, -0.25) is 9.59 Å². The first-order valence-corrected chi connectivity index (χ1v) is 11.5. The highest BCUT2D eigenvalue weighted by atomic mass is 16.2. The van der Waals surface area contributed by atoms with Crippen molar-refractivity contribution in [3.63, 3.8) is 0 Å². The van der Waals surface area contributed by atoms with Crippen molar-refractivity contribution < 1.29 is 4.79 Å². The third-order valence-electron chi connectivity index (χ3n) is 6.51. The Bertz CT molecular complexity index is 1580. The number of hydrogen-bond donors (Lipinski definition) is 2. The standard InChI is InChI=1S/C27H23N5O2/c33-26(28-19-13-14-22-23(15-19)30-25(29-22)18-9-6-10-18)24-20-11-4-5-12-21(20)27(34)32(31-24)16-17-7-2-1-3-8-17/h1-5,7-8,11-15,18H,6,9-10,16H2,(H,28,33)(H,29,30). The van der Waals surface area contributed by atoms with Crippen LogP contribution in [0.25, 0.3) is 21.8 Å². The quantitative estimate of drug-likeness (QED) is 0.402. The van der Waals surface area contributed by atoms with Gasteiger partial charge in [0.15, 0.2) is 5.69 Å². The zero-order valence-corrected chi connectivity index (χ0v) is 18.5. The molecule has 0 bridgehead atoms. The monoisotopic (exact) mass is 449 g/mol. The molecule has 0 aliphatic heterocycles. The Morgan fingerprint density at radius 3 is 2.53 bits per heavy atom. The molecular weight excluding hydrogens is 426 g/mol. The number of rotatable bonds is 5. The van der Waals surface area contributed by atoms with Crippen molar-refractivity contribution in [1.29, 1.82) is 0 Å². The summed E-state index contributed by atoms with van der Waals surface area (Å²) >= 11 is 0. The molecule has 7 nitrogen and oxygen atoms in total. The summed E-state index contributed by atoms with van der Waals surface area (Å²) < 4.78 is 1.36. The van der Waals surface area contributed by atoms with E-state index in [1.807, 2.05) is 48.5 Å². The molecule has 1 fully saturated rings. The van der Waals surface area contributed by atoms with Gasteiger partial charge in [0, 0.05) is 17.0 Å². The lowest BCUT2D eigenvalue weighted by Gasteiger charge is -2.22. The number of carbonyl (C=O) groups excluding carboxylic acids is 1. The summed E-state index contributed by atoms with van der Waals surface area (Å²) in [5.74, 6) is 1.16. The van der Waals surface area contributed by atoms with Crippen LogP contribution < -0.4 is 10.9 Å². The van der Waals surface area contributed by atoms with Gasteiger partial charge in [-0.05, 0) is 42.7 Å². The molecule has 7 heteroatoms. The number of imidazole rings is 1. The molecule has 0 unspecified atom stereocenters. The molecule has 1 aliphatic carbocycles. The Labute approximate surface area is 195 Å². The van der Waals surface area contributed by atoms with Crippen molar-refractivity contribution in [1.82, 2.24) is 19.7 Å². The van der Waals surface area contributed by atoms with E-state index in [4.69, 9.17) is 4.98 Å². The minimum atomic E-state index is -0.365. The van der Waals surface area contributed by atoms with Gasteiger partial charge in [0.1, 0.15) is 5.82 Å². The largest absolute Gasteiger partial charge is 0.342 e. The zero-order valence-electron chi connectivity index (χ0n) is 18.5. The van der Waals surface area contributed by atoms with E-state index in [0.717, 1.165) is 22.4 Å². The summed E-state index contributed by atoms with van der Waals surface area (Å²) in [6, 6.07) is 22.3. The topological polar surface area (TPSA) is 92.7 Å². The minimum Gasteiger partial charge on any atom is -0.342 e. The maximum atomic E-state index is 13.3. The number of aromatic amines is 1. The molecule has 34 heavy (non-hydrogen) atoms. The van der Waals surface area contributed by atoms with Crippen molar-refractivity contribution in [2.45, 2.75) is 31.7 Å². The predicted molar refractivity (Wildman–Crippen MR) is 132 cm³/mol. The number of benzene rings is 3. The molecule has 2 N–H and O–H groups in total. The first-order valence-electron chi connectivity index (χ1n) is 11.5. The molecular formula is C27H23N5O2. The average molecular weight is 450 g/mol. The van der Waals surface area contributed by atoms with E-state index in [9.17, 15) is 9.59 Å². The Morgan fingerprint density at radius 1 is 1.00 bits per heavy atom. The van der Waals surface area contributed by atoms with Gasteiger partial charge in [0.25, 0.3) is 11.5 Å². The van der Waals surface area contributed by atoms with Crippen molar-refractivity contribution in [3.8, 4) is 0 Å². The van der Waals surface area contributed by atoms with Crippen molar-refractivity contribution >= 4 is 33.4 Å². The van der Waals surface area contributed by atoms with Gasteiger partial charge in [-0.2, -0.15) is 5.10 Å². The fraction of sp³-hybridized carbons (Fsp3) is 0.185. The number of aromatic nitrogens is 4. The van der Waals surface area contributed by atoms with E-state index in [1.165, 1.54) is 23.9 Å². The summed E-state index contributed by atoms with van der Waals surface area (Å²) in [5, 5.41) is 8.42. The average Bonchev–Trinajstić information content (AvgIpc) is 3.23. The molecule has 1 aliphatic rings. The molecule has 1 saturated carbocycles. The van der Waals surface area contributed by atoms with Crippen molar-refractivity contribution in [2.75, 3.05) is 5.32 Å². The lowest BCUT2D eigenvalue weighted by molar-refractivity contribution is 0.102. The molecule has 1 amide bonds. The van der Waals surface area contributed by atoms with E-state index < -0.39 is 0 Å². The molecule has 2 aromatic heterocycles. The SMILES string of the molecule is O=C(Nc1ccc2nc(C3CCC3)[nH]c2c1)c1nn(Cc2ccccc2)c(=O)c2ccccc12. The number of fused-ring (bicyclic) bond motifs is 2. The summed E-state index contributed by atoms with van der Waals surface area (Å²) in [6.07, 6.45) is 3.58. The zero-order chi connectivity index (χ0) is 23.1. The number of hydrogen-bond acceptors (Lipinski definition) is 4. The van der Waals surface area contributed by atoms with Crippen LogP contribution in [0.5, 0.6) is 0 Å². The van der Waals surface area contributed by atoms with Crippen LogP contribution in [0.3, 0.4) is 0 Å². The molecule has 3 aromatic carbocycles. The second-order valence-corrected chi connectivity index (χ2v) is 8.78. The molecule has 0 spiro atoms. The smallest absolute Gasteiger partial charge is 0.276 e. The second-order valence-electron chi connectivity index (χ2n) is 8.78. The van der Waals surface area contributed by atoms with E-state index in [1.54, 1.807) is 24.3 Å². The maximum absolute atomic E-state index is 13.3. The van der Waals surface area contributed by atoms with Gasteiger partial charge in [0.2, 0.25) is 0 Å². The second kappa shape index (κ2) is 8.26. The Kier molecular flexibility index (Phi) is 4.95. The molecule has 0 atom stereocenters. The fourth-order valence-corrected chi connectivity index (χ4v) is 4.44. The lowest BCUT2D eigenvalue weighted by Crippen LogP contribution is -2.28. The van der Waals surface area contributed by atoms with Crippen LogP contribution in [0.2, 0.25) is 0 Å². The molecule has 6 rings (SSSR count). The van der Waals surface area contributed by atoms with Gasteiger partial charge >= 0.3 is 0 Å². The van der Waals surface area contributed by atoms with Crippen LogP contribution in [0, 0.1) is 0 Å². The first-order chi connectivity index (χ1) is 16.7. The third-order valence-corrected chi connectivity index (χ3v) is 6.51. The number of nitrogens with one attached hydrogen (secondary N) is 2. The number of nitrogens with zero attached hydrogens (tertiary/aromatic N) is 3. The summed E-state index contributed by atoms with van der Waals surface area (Å²) in [6.45, 7) is 0.287. The molecule has 0 radical (unpaired) electrons. The van der Waals surface area contributed by atoms with Gasteiger partial charge in [0.05, 0.1) is 23.0 Å². The van der Waals surface area contributed by atoms with Crippen LogP contribution in [0.1, 0.15) is 47.1 Å². The fourth-order valence-electron chi connectivity index (χ4n) is 4.44. The Morgan fingerprint density at radius 2 is 1.76 bits per heavy atom. The van der Waals surface area contributed by atoms with Crippen LogP contribution in [-0.2, 0) is 6.54 Å². The predicted octanol–water partition coefficient (Wildman–Crippen LogP) is 4.84.